The molecule has 0 unspecified atom stereocenters. The number of para-hydroxylation sites is 2. The molecule has 0 radical (unpaired) electrons. The second kappa shape index (κ2) is 10.8. The van der Waals surface area contributed by atoms with Crippen LogP contribution < -0.4 is 4.74 Å². The molecule has 0 aliphatic carbocycles. The first-order valence-corrected chi connectivity index (χ1v) is 13.8. The summed E-state index contributed by atoms with van der Waals surface area (Å²) >= 11 is 6.36. The monoisotopic (exact) mass is 521 g/mol. The van der Waals surface area contributed by atoms with Gasteiger partial charge in [-0.3, -0.25) is 9.59 Å². The Hall–Kier alpha value is -2.99. The second-order valence-electron chi connectivity index (χ2n) is 10.6. The average molecular weight is 522 g/mol. The Bertz CT molecular complexity index is 1290. The molecule has 2 aliphatic rings. The quantitative estimate of drug-likeness (QED) is 0.426. The van der Waals surface area contributed by atoms with Gasteiger partial charge in [0.1, 0.15) is 18.1 Å². The van der Waals surface area contributed by atoms with E-state index in [1.54, 1.807) is 0 Å². The molecule has 1 N–H and O–H groups in total. The highest BCUT2D eigenvalue weighted by molar-refractivity contribution is 6.35. The number of H-pyrrole nitrogens is 1. The highest BCUT2D eigenvalue weighted by Crippen LogP contribution is 2.40. The molecule has 0 saturated carbocycles. The lowest BCUT2D eigenvalue weighted by molar-refractivity contribution is -0.144. The van der Waals surface area contributed by atoms with Crippen molar-refractivity contribution in [3.63, 3.8) is 0 Å². The van der Waals surface area contributed by atoms with Crippen LogP contribution in [0.5, 0.6) is 5.75 Å². The summed E-state index contributed by atoms with van der Waals surface area (Å²) in [4.78, 5) is 34.3. The van der Waals surface area contributed by atoms with Crippen molar-refractivity contribution >= 4 is 34.3 Å². The number of aryl methyl sites for hydroxylation is 2. The van der Waals surface area contributed by atoms with Gasteiger partial charge in [0, 0.05) is 25.5 Å². The summed E-state index contributed by atoms with van der Waals surface area (Å²) in [6, 6.07) is 13.9. The first-order chi connectivity index (χ1) is 17.9. The molecule has 1 spiro atoms. The van der Waals surface area contributed by atoms with Crippen LogP contribution in [0, 0.1) is 12.3 Å². The van der Waals surface area contributed by atoms with Crippen molar-refractivity contribution in [3.05, 3.63) is 64.3 Å². The maximum absolute atomic E-state index is 13.8. The van der Waals surface area contributed by atoms with E-state index in [1.807, 2.05) is 54.1 Å². The number of nitrogens with one attached hydrogen (secondary N) is 1. The number of ether oxygens (including phenoxy) is 1. The van der Waals surface area contributed by atoms with E-state index < -0.39 is 5.41 Å². The Morgan fingerprint density at radius 3 is 2.57 bits per heavy atom. The molecule has 5 rings (SSSR count). The van der Waals surface area contributed by atoms with Gasteiger partial charge in [-0.1, -0.05) is 54.8 Å². The summed E-state index contributed by atoms with van der Waals surface area (Å²) in [5.74, 6) is 1.10. The van der Waals surface area contributed by atoms with Crippen LogP contribution in [0.15, 0.2) is 42.5 Å². The smallest absolute Gasteiger partial charge is 0.270 e. The van der Waals surface area contributed by atoms with E-state index in [0.717, 1.165) is 54.3 Å². The minimum atomic E-state index is -0.425. The van der Waals surface area contributed by atoms with Gasteiger partial charge in [0.25, 0.3) is 5.91 Å². The van der Waals surface area contributed by atoms with Gasteiger partial charge in [-0.15, -0.1) is 0 Å². The fourth-order valence-corrected chi connectivity index (χ4v) is 6.23. The van der Waals surface area contributed by atoms with Gasteiger partial charge in [-0.2, -0.15) is 0 Å². The Morgan fingerprint density at radius 1 is 1.00 bits per heavy atom. The number of aromatic nitrogens is 1. The van der Waals surface area contributed by atoms with Crippen LogP contribution in [0.2, 0.25) is 5.02 Å². The number of carbonyl (C=O) groups excluding carboxylic acids is 2. The van der Waals surface area contributed by atoms with E-state index in [9.17, 15) is 9.59 Å². The predicted molar refractivity (Wildman–Crippen MR) is 147 cm³/mol. The van der Waals surface area contributed by atoms with Gasteiger partial charge in [-0.05, 0) is 62.3 Å². The molecule has 3 heterocycles. The van der Waals surface area contributed by atoms with Gasteiger partial charge in [0.2, 0.25) is 5.91 Å². The largest absolute Gasteiger partial charge is 0.491 e. The van der Waals surface area contributed by atoms with Crippen molar-refractivity contribution in [1.82, 2.24) is 14.8 Å². The molecule has 2 aliphatic heterocycles. The molecule has 37 heavy (non-hydrogen) atoms. The third-order valence-corrected chi connectivity index (χ3v) is 8.64. The fourth-order valence-electron chi connectivity index (χ4n) is 6.00. The molecule has 196 valence electrons. The predicted octanol–water partition coefficient (Wildman–Crippen LogP) is 6.01. The van der Waals surface area contributed by atoms with Crippen LogP contribution in [0.25, 0.3) is 10.9 Å². The molecule has 2 amide bonds. The number of benzene rings is 2. The highest BCUT2D eigenvalue weighted by atomic mass is 35.5. The Kier molecular flexibility index (Phi) is 7.47. The first kappa shape index (κ1) is 25.7. The number of halogens is 1. The molecule has 0 atom stereocenters. The number of rotatable bonds is 1. The third kappa shape index (κ3) is 5.08. The molecule has 3 aromatic rings. The molecule has 1 aromatic heterocycles. The van der Waals surface area contributed by atoms with E-state index in [4.69, 9.17) is 16.3 Å². The summed E-state index contributed by atoms with van der Waals surface area (Å²) in [5.41, 5.74) is 3.13. The van der Waals surface area contributed by atoms with Crippen molar-refractivity contribution in [1.29, 1.82) is 0 Å². The number of likely N-dealkylation sites (N-methyl/N-ethyl adjacent to an activating group) is 1. The Morgan fingerprint density at radius 2 is 1.78 bits per heavy atom. The van der Waals surface area contributed by atoms with Crippen LogP contribution in [-0.2, 0) is 11.2 Å². The summed E-state index contributed by atoms with van der Waals surface area (Å²) in [5, 5.41) is 1.59. The van der Waals surface area contributed by atoms with Crippen molar-refractivity contribution in [2.45, 2.75) is 51.9 Å². The Labute approximate surface area is 223 Å². The molecule has 7 heteroatoms. The maximum Gasteiger partial charge on any atom is 0.270 e. The highest BCUT2D eigenvalue weighted by Gasteiger charge is 2.43. The molecule has 1 saturated heterocycles. The van der Waals surface area contributed by atoms with Crippen molar-refractivity contribution < 1.29 is 14.3 Å². The summed E-state index contributed by atoms with van der Waals surface area (Å²) in [7, 11) is 1.88. The number of hydrogen-bond donors (Lipinski definition) is 1. The van der Waals surface area contributed by atoms with Crippen LogP contribution in [-0.4, -0.2) is 59.9 Å². The van der Waals surface area contributed by atoms with Gasteiger partial charge >= 0.3 is 0 Å². The zero-order chi connectivity index (χ0) is 26.0. The van der Waals surface area contributed by atoms with Crippen LogP contribution in [0.1, 0.15) is 60.1 Å². The maximum atomic E-state index is 13.8. The minimum absolute atomic E-state index is 0.0174. The van der Waals surface area contributed by atoms with E-state index in [-0.39, 0.29) is 11.8 Å². The van der Waals surface area contributed by atoms with Crippen molar-refractivity contribution in [3.8, 4) is 5.75 Å². The van der Waals surface area contributed by atoms with Gasteiger partial charge in [0.05, 0.1) is 22.5 Å². The normalized spacial score (nSPS) is 19.1. The molecule has 2 aromatic carbocycles. The summed E-state index contributed by atoms with van der Waals surface area (Å²) in [6.07, 6.45) is 6.38. The summed E-state index contributed by atoms with van der Waals surface area (Å²) < 4.78 is 6.08. The van der Waals surface area contributed by atoms with Gasteiger partial charge in [0.15, 0.2) is 0 Å². The lowest BCUT2D eigenvalue weighted by Gasteiger charge is -2.42. The number of hydrogen-bond acceptors (Lipinski definition) is 3. The number of nitrogens with zero attached hydrogens (tertiary/aromatic N) is 2. The van der Waals surface area contributed by atoms with Crippen molar-refractivity contribution in [2.24, 2.45) is 5.41 Å². The molecule has 0 bridgehead atoms. The van der Waals surface area contributed by atoms with Gasteiger partial charge in [-0.25, -0.2) is 0 Å². The van der Waals surface area contributed by atoms with Crippen LogP contribution >= 0.6 is 11.6 Å². The van der Waals surface area contributed by atoms with Crippen molar-refractivity contribution in [2.75, 3.05) is 33.3 Å². The number of amides is 2. The van der Waals surface area contributed by atoms with E-state index in [1.165, 1.54) is 5.56 Å². The molecule has 6 nitrogen and oxygen atoms in total. The van der Waals surface area contributed by atoms with E-state index in [2.05, 4.69) is 17.1 Å². The Balaban J connectivity index is 1.30. The van der Waals surface area contributed by atoms with Crippen LogP contribution in [0.3, 0.4) is 0 Å². The van der Waals surface area contributed by atoms with E-state index in [0.29, 0.717) is 49.8 Å². The zero-order valence-corrected chi connectivity index (χ0v) is 22.6. The van der Waals surface area contributed by atoms with Gasteiger partial charge < -0.3 is 19.5 Å². The van der Waals surface area contributed by atoms with Crippen LogP contribution in [0.4, 0.5) is 0 Å². The fraction of sp³-hybridized carbons (Fsp3) is 0.467. The lowest BCUT2D eigenvalue weighted by atomic mass is 9.73. The second-order valence-corrected chi connectivity index (χ2v) is 11.0. The minimum Gasteiger partial charge on any atom is -0.491 e. The number of piperidine rings is 1. The number of aromatic amines is 1. The lowest BCUT2D eigenvalue weighted by Crippen LogP contribution is -2.51. The number of carbonyl (C=O) groups is 2. The standard InChI is InChI=1S/C30H36ClN3O3/c1-21-23-11-8-12-24(31)27(23)32-26(21)28(35)34-17-15-30(16-18-34)14-7-3-4-9-22-10-5-6-13-25(22)37-20-19-33(2)29(30)36/h5-6,8,10-13,32H,3-4,7,9,14-20H2,1-2H3. The average Bonchev–Trinajstić information content (AvgIpc) is 3.26. The number of likely N-dealkylation sites (tertiary alicyclic amines) is 1. The molecular weight excluding hydrogens is 486 g/mol. The number of fused-ring (bicyclic) bond motifs is 2. The molecule has 1 fully saturated rings. The summed E-state index contributed by atoms with van der Waals surface area (Å²) in [6.45, 7) is 4.13. The van der Waals surface area contributed by atoms with E-state index >= 15 is 0 Å². The zero-order valence-electron chi connectivity index (χ0n) is 21.8. The SMILES string of the molecule is Cc1c(C(=O)N2CCC3(CCCCCc4ccccc4OCCN(C)C3=O)CC2)[nH]c2c(Cl)cccc12. The molecular formula is C30H36ClN3O3. The first-order valence-electron chi connectivity index (χ1n) is 13.4. The third-order valence-electron chi connectivity index (χ3n) is 8.32. The topological polar surface area (TPSA) is 65.6 Å².